The molecule has 0 aliphatic rings. The van der Waals surface area contributed by atoms with Crippen LogP contribution in [0.5, 0.6) is 0 Å². The maximum atomic E-state index is 12.3. The van der Waals surface area contributed by atoms with E-state index in [-0.39, 0.29) is 4.21 Å². The third-order valence-electron chi connectivity index (χ3n) is 2.79. The summed E-state index contributed by atoms with van der Waals surface area (Å²) in [6, 6.07) is 4.28. The van der Waals surface area contributed by atoms with Gasteiger partial charge in [0, 0.05) is 21.8 Å². The fourth-order valence-electron chi connectivity index (χ4n) is 1.85. The van der Waals surface area contributed by atoms with Gasteiger partial charge in [-0.3, -0.25) is 4.79 Å². The Morgan fingerprint density at radius 2 is 2.00 bits per heavy atom. The highest BCUT2D eigenvalue weighted by Crippen LogP contribution is 2.27. The van der Waals surface area contributed by atoms with Crippen LogP contribution in [0, 0.1) is 6.92 Å². The largest absolute Gasteiger partial charge is 0.315 e. The van der Waals surface area contributed by atoms with Crippen LogP contribution in [0.4, 0.5) is 0 Å². The molecule has 2 N–H and O–H groups in total. The van der Waals surface area contributed by atoms with E-state index in [1.165, 1.54) is 6.92 Å². The number of benzene rings is 1. The summed E-state index contributed by atoms with van der Waals surface area (Å²) in [5, 5.41) is 0.843. The van der Waals surface area contributed by atoms with E-state index < -0.39 is 20.9 Å². The highest BCUT2D eigenvalue weighted by molar-refractivity contribution is 7.91. The van der Waals surface area contributed by atoms with Gasteiger partial charge in [-0.05, 0) is 31.5 Å². The van der Waals surface area contributed by atoms with Crippen LogP contribution in [-0.4, -0.2) is 13.4 Å². The molecular weight excluding hydrogens is 355 g/mol. The molecule has 1 aromatic carbocycles. The van der Waals surface area contributed by atoms with Crippen molar-refractivity contribution in [1.29, 1.82) is 0 Å². The Morgan fingerprint density at radius 3 is 2.52 bits per heavy atom. The number of nitrogens with one attached hydrogen (secondary N) is 2. The first-order valence-electron chi connectivity index (χ1n) is 5.87. The molecule has 21 heavy (non-hydrogen) atoms. The minimum atomic E-state index is -3.80. The van der Waals surface area contributed by atoms with E-state index >= 15 is 0 Å². The zero-order chi connectivity index (χ0) is 15.8. The van der Waals surface area contributed by atoms with Crippen LogP contribution in [0.3, 0.4) is 0 Å². The van der Waals surface area contributed by atoms with Crippen molar-refractivity contribution in [1.82, 2.24) is 9.71 Å². The minimum absolute atomic E-state index is 0.0237. The number of thiazole rings is 1. The van der Waals surface area contributed by atoms with Crippen molar-refractivity contribution >= 4 is 44.6 Å². The number of aromatic amines is 1. The summed E-state index contributed by atoms with van der Waals surface area (Å²) in [7, 11) is -3.80. The van der Waals surface area contributed by atoms with E-state index in [1.54, 1.807) is 25.1 Å². The Bertz CT molecular complexity index is 827. The van der Waals surface area contributed by atoms with E-state index in [4.69, 9.17) is 23.2 Å². The van der Waals surface area contributed by atoms with Crippen molar-refractivity contribution in [3.05, 3.63) is 49.2 Å². The second kappa shape index (κ2) is 6.10. The molecular formula is C12H12Cl2N2O3S2. The normalized spacial score (nSPS) is 13.3. The van der Waals surface area contributed by atoms with Crippen LogP contribution >= 0.6 is 34.5 Å². The summed E-state index contributed by atoms with van der Waals surface area (Å²) in [6.45, 7) is 3.20. The van der Waals surface area contributed by atoms with Gasteiger partial charge in [-0.2, -0.15) is 0 Å². The maximum Gasteiger partial charge on any atom is 0.305 e. The summed E-state index contributed by atoms with van der Waals surface area (Å²) < 4.78 is 27.1. The van der Waals surface area contributed by atoms with Crippen LogP contribution in [0.15, 0.2) is 27.2 Å². The van der Waals surface area contributed by atoms with E-state index in [0.717, 1.165) is 0 Å². The zero-order valence-corrected chi connectivity index (χ0v) is 14.3. The first kappa shape index (κ1) is 16.5. The zero-order valence-electron chi connectivity index (χ0n) is 11.1. The summed E-state index contributed by atoms with van der Waals surface area (Å²) in [6.07, 6.45) is 0. The fraction of sp³-hybridized carbons (Fsp3) is 0.250. The lowest BCUT2D eigenvalue weighted by molar-refractivity contribution is 0.568. The van der Waals surface area contributed by atoms with Crippen molar-refractivity contribution in [3.63, 3.8) is 0 Å². The average molecular weight is 367 g/mol. The highest BCUT2D eigenvalue weighted by atomic mass is 35.5. The molecule has 0 aliphatic heterocycles. The Hall–Kier alpha value is -0.860. The molecule has 1 atom stereocenters. The van der Waals surface area contributed by atoms with Gasteiger partial charge in [0.25, 0.3) is 10.0 Å². The number of hydrogen-bond acceptors (Lipinski definition) is 4. The molecule has 0 saturated carbocycles. The van der Waals surface area contributed by atoms with Gasteiger partial charge in [0.15, 0.2) is 4.21 Å². The van der Waals surface area contributed by atoms with Crippen LogP contribution in [0.25, 0.3) is 0 Å². The molecule has 1 unspecified atom stereocenters. The van der Waals surface area contributed by atoms with E-state index in [2.05, 4.69) is 9.71 Å². The molecule has 1 heterocycles. The fourth-order valence-corrected chi connectivity index (χ4v) is 4.96. The number of H-pyrrole nitrogens is 1. The predicted molar refractivity (Wildman–Crippen MR) is 84.9 cm³/mol. The second-order valence-corrected chi connectivity index (χ2v) is 8.17. The van der Waals surface area contributed by atoms with Gasteiger partial charge >= 0.3 is 4.87 Å². The van der Waals surface area contributed by atoms with Gasteiger partial charge in [-0.15, -0.1) is 0 Å². The van der Waals surface area contributed by atoms with Crippen molar-refractivity contribution in [2.75, 3.05) is 0 Å². The van der Waals surface area contributed by atoms with E-state index in [9.17, 15) is 13.2 Å². The molecule has 0 amide bonds. The molecule has 114 valence electrons. The predicted octanol–water partition coefficient (Wildman–Crippen LogP) is 3.09. The number of aryl methyl sites for hydroxylation is 1. The molecule has 0 aliphatic carbocycles. The lowest BCUT2D eigenvalue weighted by Gasteiger charge is -2.15. The molecule has 2 rings (SSSR count). The number of aromatic nitrogens is 1. The molecule has 0 spiro atoms. The molecule has 0 bridgehead atoms. The lowest BCUT2D eigenvalue weighted by Crippen LogP contribution is -2.27. The van der Waals surface area contributed by atoms with E-state index in [0.29, 0.717) is 32.6 Å². The van der Waals surface area contributed by atoms with Crippen molar-refractivity contribution in [2.24, 2.45) is 0 Å². The molecule has 0 radical (unpaired) electrons. The van der Waals surface area contributed by atoms with Gasteiger partial charge in [-0.25, -0.2) is 13.1 Å². The van der Waals surface area contributed by atoms with Crippen molar-refractivity contribution in [2.45, 2.75) is 24.1 Å². The quantitative estimate of drug-likeness (QED) is 0.872. The maximum absolute atomic E-state index is 12.3. The molecule has 0 fully saturated rings. The van der Waals surface area contributed by atoms with Gasteiger partial charge in [0.05, 0.1) is 0 Å². The van der Waals surface area contributed by atoms with Crippen molar-refractivity contribution in [3.8, 4) is 0 Å². The smallest absolute Gasteiger partial charge is 0.305 e. The molecule has 2 aromatic rings. The molecule has 5 nitrogen and oxygen atoms in total. The van der Waals surface area contributed by atoms with Crippen molar-refractivity contribution < 1.29 is 8.42 Å². The summed E-state index contributed by atoms with van der Waals surface area (Å²) in [5.74, 6) is 0. The summed E-state index contributed by atoms with van der Waals surface area (Å²) in [4.78, 5) is 13.3. The van der Waals surface area contributed by atoms with Gasteiger partial charge < -0.3 is 4.98 Å². The number of rotatable bonds is 4. The third-order valence-corrected chi connectivity index (χ3v) is 6.49. The Morgan fingerprint density at radius 1 is 1.33 bits per heavy atom. The molecule has 1 aromatic heterocycles. The minimum Gasteiger partial charge on any atom is -0.315 e. The van der Waals surface area contributed by atoms with Gasteiger partial charge in [-0.1, -0.05) is 40.6 Å². The number of sulfonamides is 1. The summed E-state index contributed by atoms with van der Waals surface area (Å²) >= 11 is 12.5. The Balaban J connectivity index is 2.32. The van der Waals surface area contributed by atoms with Gasteiger partial charge in [0.2, 0.25) is 0 Å². The van der Waals surface area contributed by atoms with Crippen LogP contribution in [0.1, 0.15) is 24.2 Å². The molecule has 0 saturated heterocycles. The Kier molecular flexibility index (Phi) is 4.79. The van der Waals surface area contributed by atoms with Crippen LogP contribution in [-0.2, 0) is 10.0 Å². The average Bonchev–Trinajstić information content (AvgIpc) is 2.68. The lowest BCUT2D eigenvalue weighted by atomic mass is 10.1. The van der Waals surface area contributed by atoms with Crippen LogP contribution in [0.2, 0.25) is 10.0 Å². The number of hydrogen-bond donors (Lipinski definition) is 2. The SMILES string of the molecule is Cc1[nH]c(=O)sc1S(=O)(=O)NC(C)c1ccc(Cl)cc1Cl. The van der Waals surface area contributed by atoms with E-state index in [1.807, 2.05) is 0 Å². The molecule has 9 heteroatoms. The first-order valence-corrected chi connectivity index (χ1v) is 8.93. The second-order valence-electron chi connectivity index (χ2n) is 4.44. The van der Waals surface area contributed by atoms with Gasteiger partial charge in [0.1, 0.15) is 0 Å². The monoisotopic (exact) mass is 366 g/mol. The summed E-state index contributed by atoms with van der Waals surface area (Å²) in [5.41, 5.74) is 0.914. The highest BCUT2D eigenvalue weighted by Gasteiger charge is 2.24. The van der Waals surface area contributed by atoms with Crippen LogP contribution < -0.4 is 9.60 Å². The number of halogens is 2. The topological polar surface area (TPSA) is 79.0 Å². The standard InChI is InChI=1S/C12H12Cl2N2O3S2/c1-6(9-4-3-8(13)5-10(9)14)16-21(18,19)11-7(2)15-12(17)20-11/h3-6,16H,1-2H3,(H,15,17). The third kappa shape index (κ3) is 3.67. The first-order chi connectivity index (χ1) is 9.70. The Labute approximate surface area is 136 Å².